The number of nitrogens with one attached hydrogen (secondary N) is 1. The van der Waals surface area contributed by atoms with Gasteiger partial charge >= 0.3 is 0 Å². The van der Waals surface area contributed by atoms with E-state index in [-0.39, 0.29) is 0 Å². The quantitative estimate of drug-likeness (QED) is 0.751. The van der Waals surface area contributed by atoms with E-state index in [0.29, 0.717) is 6.04 Å². The lowest BCUT2D eigenvalue weighted by molar-refractivity contribution is 0.651. The lowest BCUT2D eigenvalue weighted by Gasteiger charge is -2.09. The molecule has 2 rings (SSSR count). The van der Waals surface area contributed by atoms with Crippen molar-refractivity contribution in [1.82, 2.24) is 14.7 Å². The van der Waals surface area contributed by atoms with Gasteiger partial charge in [0.05, 0.1) is 0 Å². The topological polar surface area (TPSA) is 29.3 Å². The zero-order valence-corrected chi connectivity index (χ0v) is 7.86. The Labute approximate surface area is 77.4 Å². The molecule has 2 aromatic heterocycles. The summed E-state index contributed by atoms with van der Waals surface area (Å²) in [5, 5.41) is 3.20. The number of rotatable bonds is 2. The third-order valence-electron chi connectivity index (χ3n) is 2.35. The molecule has 68 valence electrons. The van der Waals surface area contributed by atoms with Crippen molar-refractivity contribution < 1.29 is 0 Å². The molecule has 0 bridgehead atoms. The Bertz CT molecular complexity index is 405. The van der Waals surface area contributed by atoms with Gasteiger partial charge < -0.3 is 9.72 Å². The van der Waals surface area contributed by atoms with Crippen molar-refractivity contribution in [2.24, 2.45) is 0 Å². The fraction of sp³-hybridized carbons (Fsp3) is 0.300. The van der Waals surface area contributed by atoms with E-state index in [0.717, 1.165) is 5.65 Å². The van der Waals surface area contributed by atoms with Gasteiger partial charge in [-0.05, 0) is 31.7 Å². The van der Waals surface area contributed by atoms with Crippen molar-refractivity contribution in [3.05, 3.63) is 36.3 Å². The Morgan fingerprint density at radius 3 is 3.08 bits per heavy atom. The molecule has 0 aliphatic carbocycles. The summed E-state index contributed by atoms with van der Waals surface area (Å²) < 4.78 is 2.01. The summed E-state index contributed by atoms with van der Waals surface area (Å²) in [4.78, 5) is 4.23. The van der Waals surface area contributed by atoms with Crippen LogP contribution in [0.15, 0.2) is 30.7 Å². The molecule has 3 nitrogen and oxygen atoms in total. The first-order valence-corrected chi connectivity index (χ1v) is 4.41. The van der Waals surface area contributed by atoms with Crippen LogP contribution in [0.3, 0.4) is 0 Å². The van der Waals surface area contributed by atoms with E-state index in [1.165, 1.54) is 5.56 Å². The molecule has 13 heavy (non-hydrogen) atoms. The molecule has 0 fully saturated rings. The first-order valence-electron chi connectivity index (χ1n) is 4.41. The summed E-state index contributed by atoms with van der Waals surface area (Å²) in [5.74, 6) is 0. The van der Waals surface area contributed by atoms with Crippen LogP contribution in [0, 0.1) is 0 Å². The van der Waals surface area contributed by atoms with Gasteiger partial charge in [-0.15, -0.1) is 0 Å². The van der Waals surface area contributed by atoms with Gasteiger partial charge in [0.15, 0.2) is 0 Å². The van der Waals surface area contributed by atoms with Gasteiger partial charge in [-0.2, -0.15) is 0 Å². The van der Waals surface area contributed by atoms with E-state index in [2.05, 4.69) is 29.4 Å². The predicted molar refractivity (Wildman–Crippen MR) is 52.7 cm³/mol. The molecule has 0 spiro atoms. The third kappa shape index (κ3) is 1.42. The minimum Gasteiger partial charge on any atom is -0.313 e. The van der Waals surface area contributed by atoms with Crippen LogP contribution in [-0.2, 0) is 0 Å². The maximum atomic E-state index is 4.23. The van der Waals surface area contributed by atoms with Gasteiger partial charge in [0.1, 0.15) is 5.65 Å². The molecule has 1 unspecified atom stereocenters. The lowest BCUT2D eigenvalue weighted by Crippen LogP contribution is -2.12. The van der Waals surface area contributed by atoms with Crippen molar-refractivity contribution in [2.45, 2.75) is 13.0 Å². The molecular weight excluding hydrogens is 162 g/mol. The minimum atomic E-state index is 0.377. The summed E-state index contributed by atoms with van der Waals surface area (Å²) in [7, 11) is 1.96. The molecule has 1 N–H and O–H groups in total. The van der Waals surface area contributed by atoms with E-state index in [1.54, 1.807) is 0 Å². The minimum absolute atomic E-state index is 0.377. The summed E-state index contributed by atoms with van der Waals surface area (Å²) in [6.45, 7) is 2.13. The number of pyridine rings is 1. The summed E-state index contributed by atoms with van der Waals surface area (Å²) in [6, 6.07) is 4.58. The molecule has 2 aromatic rings. The zero-order valence-electron chi connectivity index (χ0n) is 7.86. The fourth-order valence-corrected chi connectivity index (χ4v) is 1.36. The number of fused-ring (bicyclic) bond motifs is 1. The van der Waals surface area contributed by atoms with Crippen LogP contribution in [0.25, 0.3) is 5.65 Å². The highest BCUT2D eigenvalue weighted by Crippen LogP contribution is 2.13. The molecule has 1 atom stereocenters. The van der Waals surface area contributed by atoms with Gasteiger partial charge in [0.2, 0.25) is 0 Å². The molecule has 0 aliphatic rings. The highest BCUT2D eigenvalue weighted by Gasteiger charge is 2.02. The summed E-state index contributed by atoms with van der Waals surface area (Å²) in [6.07, 6.45) is 5.79. The van der Waals surface area contributed by atoms with Crippen LogP contribution in [-0.4, -0.2) is 16.4 Å². The first kappa shape index (κ1) is 8.26. The standard InChI is InChI=1S/C10H13N3/c1-8(11-2)9-3-5-13-6-4-12-10(13)7-9/h3-8,11H,1-2H3. The second-order valence-electron chi connectivity index (χ2n) is 3.16. The van der Waals surface area contributed by atoms with Gasteiger partial charge in [-0.1, -0.05) is 0 Å². The van der Waals surface area contributed by atoms with Gasteiger partial charge in [0, 0.05) is 24.6 Å². The average molecular weight is 175 g/mol. The number of hydrogen-bond donors (Lipinski definition) is 1. The van der Waals surface area contributed by atoms with Crippen molar-refractivity contribution in [3.8, 4) is 0 Å². The Morgan fingerprint density at radius 2 is 2.31 bits per heavy atom. The molecule has 0 saturated heterocycles. The van der Waals surface area contributed by atoms with E-state index in [4.69, 9.17) is 0 Å². The summed E-state index contributed by atoms with van der Waals surface area (Å²) in [5.41, 5.74) is 2.26. The van der Waals surface area contributed by atoms with Crippen LogP contribution in [0.1, 0.15) is 18.5 Å². The molecule has 0 aromatic carbocycles. The number of imidazole rings is 1. The Balaban J connectivity index is 2.48. The lowest BCUT2D eigenvalue weighted by atomic mass is 10.1. The highest BCUT2D eigenvalue weighted by atomic mass is 15.0. The van der Waals surface area contributed by atoms with Crippen LogP contribution in [0.4, 0.5) is 0 Å². The van der Waals surface area contributed by atoms with Crippen molar-refractivity contribution in [2.75, 3.05) is 7.05 Å². The van der Waals surface area contributed by atoms with Gasteiger partial charge in [-0.25, -0.2) is 4.98 Å². The van der Waals surface area contributed by atoms with Gasteiger partial charge in [-0.3, -0.25) is 0 Å². The number of aromatic nitrogens is 2. The first-order chi connectivity index (χ1) is 6.31. The van der Waals surface area contributed by atoms with E-state index < -0.39 is 0 Å². The Kier molecular flexibility index (Phi) is 2.02. The smallest absolute Gasteiger partial charge is 0.136 e. The molecule has 2 heterocycles. The molecule has 0 radical (unpaired) electrons. The second-order valence-corrected chi connectivity index (χ2v) is 3.16. The largest absolute Gasteiger partial charge is 0.313 e. The van der Waals surface area contributed by atoms with E-state index >= 15 is 0 Å². The van der Waals surface area contributed by atoms with Crippen LogP contribution >= 0.6 is 0 Å². The molecule has 0 saturated carbocycles. The number of nitrogens with zero attached hydrogens (tertiary/aromatic N) is 2. The van der Waals surface area contributed by atoms with E-state index in [1.807, 2.05) is 30.0 Å². The third-order valence-corrected chi connectivity index (χ3v) is 2.35. The maximum Gasteiger partial charge on any atom is 0.136 e. The molecule has 0 aliphatic heterocycles. The number of hydrogen-bond acceptors (Lipinski definition) is 2. The van der Waals surface area contributed by atoms with E-state index in [9.17, 15) is 0 Å². The Hall–Kier alpha value is -1.35. The predicted octanol–water partition coefficient (Wildman–Crippen LogP) is 1.61. The van der Waals surface area contributed by atoms with Crippen molar-refractivity contribution in [1.29, 1.82) is 0 Å². The average Bonchev–Trinajstić information content (AvgIpc) is 2.63. The molecular formula is C10H13N3. The van der Waals surface area contributed by atoms with Crippen molar-refractivity contribution in [3.63, 3.8) is 0 Å². The highest BCUT2D eigenvalue weighted by molar-refractivity contribution is 5.41. The monoisotopic (exact) mass is 175 g/mol. The van der Waals surface area contributed by atoms with Crippen molar-refractivity contribution >= 4 is 5.65 Å². The van der Waals surface area contributed by atoms with Crippen LogP contribution in [0.2, 0.25) is 0 Å². The molecule has 0 amide bonds. The second kappa shape index (κ2) is 3.18. The van der Waals surface area contributed by atoms with Crippen LogP contribution in [0.5, 0.6) is 0 Å². The normalized spacial score (nSPS) is 13.4. The van der Waals surface area contributed by atoms with Crippen LogP contribution < -0.4 is 5.32 Å². The Morgan fingerprint density at radius 1 is 1.46 bits per heavy atom. The summed E-state index contributed by atoms with van der Waals surface area (Å²) >= 11 is 0. The zero-order chi connectivity index (χ0) is 9.26. The SMILES string of the molecule is CNC(C)c1ccn2ccnc2c1. The maximum absolute atomic E-state index is 4.23. The molecule has 3 heteroatoms. The fourth-order valence-electron chi connectivity index (χ4n) is 1.36. The van der Waals surface area contributed by atoms with Gasteiger partial charge in [0.25, 0.3) is 0 Å².